The van der Waals surface area contributed by atoms with Crippen molar-refractivity contribution in [2.45, 2.75) is 6.92 Å². The summed E-state index contributed by atoms with van der Waals surface area (Å²) in [6, 6.07) is 57.7. The van der Waals surface area contributed by atoms with E-state index >= 15 is 0 Å². The summed E-state index contributed by atoms with van der Waals surface area (Å²) in [6.45, 7) is 6.12. The molecule has 0 saturated heterocycles. The van der Waals surface area contributed by atoms with Crippen LogP contribution in [0.4, 0.5) is 34.1 Å². The molecule has 6 aromatic rings. The van der Waals surface area contributed by atoms with Gasteiger partial charge in [-0.25, -0.2) is 0 Å². The van der Waals surface area contributed by atoms with E-state index in [-0.39, 0.29) is 0 Å². The van der Waals surface area contributed by atoms with E-state index in [2.05, 4.69) is 180 Å². The van der Waals surface area contributed by atoms with E-state index in [4.69, 9.17) is 0 Å². The second-order valence-electron chi connectivity index (χ2n) is 10.1. The van der Waals surface area contributed by atoms with Crippen molar-refractivity contribution in [1.29, 1.82) is 0 Å². The van der Waals surface area contributed by atoms with Gasteiger partial charge in [0.05, 0.1) is 0 Å². The summed E-state index contributed by atoms with van der Waals surface area (Å²) in [6.07, 6.45) is 0. The van der Waals surface area contributed by atoms with Gasteiger partial charge in [0, 0.05) is 34.1 Å². The molecule has 2 nitrogen and oxygen atoms in total. The Morgan fingerprint density at radius 3 is 0.927 bits per heavy atom. The molecule has 0 aromatic heterocycles. The van der Waals surface area contributed by atoms with Crippen molar-refractivity contribution >= 4 is 39.7 Å². The Labute approximate surface area is 243 Å². The van der Waals surface area contributed by atoms with Gasteiger partial charge in [0.2, 0.25) is 0 Å². The van der Waals surface area contributed by atoms with Crippen LogP contribution >= 0.6 is 0 Å². The second-order valence-corrected chi connectivity index (χ2v) is 10.1. The van der Waals surface area contributed by atoms with Crippen LogP contribution in [0.5, 0.6) is 0 Å². The van der Waals surface area contributed by atoms with Crippen LogP contribution in [0.15, 0.2) is 170 Å². The highest BCUT2D eigenvalue weighted by atomic mass is 15.1. The lowest BCUT2D eigenvalue weighted by Gasteiger charge is -2.26. The maximum absolute atomic E-state index is 4.08. The van der Waals surface area contributed by atoms with Crippen molar-refractivity contribution in [2.75, 3.05) is 9.80 Å². The van der Waals surface area contributed by atoms with Crippen LogP contribution in [0, 0.1) is 0 Å². The van der Waals surface area contributed by atoms with Gasteiger partial charge in [0.1, 0.15) is 0 Å². The molecule has 0 N–H and O–H groups in total. The van der Waals surface area contributed by atoms with Crippen molar-refractivity contribution in [2.24, 2.45) is 0 Å². The summed E-state index contributed by atoms with van der Waals surface area (Å²) in [4.78, 5) is 4.57. The van der Waals surface area contributed by atoms with Crippen molar-refractivity contribution in [1.82, 2.24) is 0 Å². The molecule has 0 radical (unpaired) electrons. The molecular weight excluding hydrogens is 496 g/mol. The van der Waals surface area contributed by atoms with Crippen LogP contribution in [0.3, 0.4) is 0 Å². The minimum Gasteiger partial charge on any atom is -0.311 e. The zero-order valence-corrected chi connectivity index (χ0v) is 23.2. The van der Waals surface area contributed by atoms with Crippen LogP contribution in [0.2, 0.25) is 0 Å². The third-order valence-electron chi connectivity index (χ3n) is 7.25. The van der Waals surface area contributed by atoms with Crippen LogP contribution in [-0.2, 0) is 0 Å². The van der Waals surface area contributed by atoms with E-state index in [1.54, 1.807) is 0 Å². The van der Waals surface area contributed by atoms with E-state index in [0.717, 1.165) is 45.3 Å². The summed E-state index contributed by atoms with van der Waals surface area (Å²) in [5.74, 6) is 0. The summed E-state index contributed by atoms with van der Waals surface area (Å²) in [5.41, 5.74) is 11.3. The van der Waals surface area contributed by atoms with Crippen LogP contribution in [-0.4, -0.2) is 0 Å². The molecule has 6 rings (SSSR count). The Bertz CT molecular complexity index is 1670. The average Bonchev–Trinajstić information content (AvgIpc) is 3.04. The Morgan fingerprint density at radius 2 is 0.634 bits per heavy atom. The molecule has 0 atom stereocenters. The number of nitrogens with zero attached hydrogens (tertiary/aromatic N) is 2. The highest BCUT2D eigenvalue weighted by Crippen LogP contribution is 2.38. The molecule has 0 saturated carbocycles. The third kappa shape index (κ3) is 5.68. The van der Waals surface area contributed by atoms with Crippen LogP contribution < -0.4 is 9.80 Å². The molecule has 0 spiro atoms. The first-order chi connectivity index (χ1) is 20.2. The highest BCUT2D eigenvalue weighted by molar-refractivity contribution is 5.81. The maximum Gasteiger partial charge on any atom is 0.0462 e. The number of benzene rings is 6. The molecule has 2 heteroatoms. The summed E-state index contributed by atoms with van der Waals surface area (Å²) in [7, 11) is 0. The molecule has 0 bridgehead atoms. The van der Waals surface area contributed by atoms with Gasteiger partial charge in [-0.05, 0) is 96.4 Å². The fourth-order valence-electron chi connectivity index (χ4n) is 5.13. The first-order valence-corrected chi connectivity index (χ1v) is 13.9. The number of hydrogen-bond donors (Lipinski definition) is 0. The van der Waals surface area contributed by atoms with Gasteiger partial charge >= 0.3 is 0 Å². The first-order valence-electron chi connectivity index (χ1n) is 13.9. The van der Waals surface area contributed by atoms with Crippen molar-refractivity contribution in [3.63, 3.8) is 0 Å². The lowest BCUT2D eigenvalue weighted by atomic mass is 10.0. The minimum absolute atomic E-state index is 1.06. The molecule has 0 amide bonds. The standard InChI is InChI=1S/C39H32N2/c1-30(2)31-18-24-37(25-19-31)41(36-16-10-5-11-17-36)39-28-22-33(23-29-39)32-20-26-38(27-21-32)40(34-12-6-3-7-13-34)35-14-8-4-9-15-35/h3-29H,1H2,2H3. The molecule has 0 fully saturated rings. The van der Waals surface area contributed by atoms with E-state index in [1.807, 2.05) is 6.92 Å². The average molecular weight is 529 g/mol. The summed E-state index contributed by atoms with van der Waals surface area (Å²) in [5, 5.41) is 0. The van der Waals surface area contributed by atoms with Gasteiger partial charge in [-0.15, -0.1) is 0 Å². The number of hydrogen-bond acceptors (Lipinski definition) is 2. The molecule has 198 valence electrons. The SMILES string of the molecule is C=C(C)c1ccc(N(c2ccccc2)c2ccc(-c3ccc(N(c4ccccc4)c4ccccc4)cc3)cc2)cc1. The first kappa shape index (κ1) is 25.9. The minimum atomic E-state index is 1.06. The van der Waals surface area contributed by atoms with Gasteiger partial charge in [0.15, 0.2) is 0 Å². The monoisotopic (exact) mass is 528 g/mol. The normalized spacial score (nSPS) is 10.7. The lowest BCUT2D eigenvalue weighted by molar-refractivity contribution is 1.28. The third-order valence-corrected chi connectivity index (χ3v) is 7.25. The zero-order chi connectivity index (χ0) is 28.0. The highest BCUT2D eigenvalue weighted by Gasteiger charge is 2.14. The fourth-order valence-corrected chi connectivity index (χ4v) is 5.13. The molecule has 0 aliphatic heterocycles. The van der Waals surface area contributed by atoms with Crippen LogP contribution in [0.25, 0.3) is 16.7 Å². The fraction of sp³-hybridized carbons (Fsp3) is 0.0256. The zero-order valence-electron chi connectivity index (χ0n) is 23.2. The maximum atomic E-state index is 4.08. The Balaban J connectivity index is 1.31. The molecule has 0 unspecified atom stereocenters. The lowest BCUT2D eigenvalue weighted by Crippen LogP contribution is -2.10. The van der Waals surface area contributed by atoms with Crippen molar-refractivity contribution in [3.8, 4) is 11.1 Å². The van der Waals surface area contributed by atoms with Gasteiger partial charge in [-0.2, -0.15) is 0 Å². The molecular formula is C39H32N2. The molecule has 0 heterocycles. The Hall–Kier alpha value is -5.34. The second kappa shape index (κ2) is 11.8. The van der Waals surface area contributed by atoms with Gasteiger partial charge < -0.3 is 9.80 Å². The largest absolute Gasteiger partial charge is 0.311 e. The van der Waals surface area contributed by atoms with E-state index in [1.165, 1.54) is 11.1 Å². The number of anilines is 6. The number of allylic oxidation sites excluding steroid dienone is 1. The Kier molecular flexibility index (Phi) is 7.46. The molecule has 0 aliphatic rings. The van der Waals surface area contributed by atoms with Gasteiger partial charge in [0.25, 0.3) is 0 Å². The van der Waals surface area contributed by atoms with Gasteiger partial charge in [-0.1, -0.05) is 103 Å². The van der Waals surface area contributed by atoms with Crippen molar-refractivity contribution in [3.05, 3.63) is 176 Å². The number of rotatable bonds is 8. The molecule has 6 aromatic carbocycles. The predicted octanol–water partition coefficient (Wildman–Crippen LogP) is 11.3. The number of para-hydroxylation sites is 3. The summed E-state index contributed by atoms with van der Waals surface area (Å²) >= 11 is 0. The molecule has 41 heavy (non-hydrogen) atoms. The summed E-state index contributed by atoms with van der Waals surface area (Å²) < 4.78 is 0. The van der Waals surface area contributed by atoms with E-state index < -0.39 is 0 Å². The van der Waals surface area contributed by atoms with Crippen LogP contribution in [0.1, 0.15) is 12.5 Å². The quantitative estimate of drug-likeness (QED) is 0.194. The van der Waals surface area contributed by atoms with E-state index in [9.17, 15) is 0 Å². The predicted molar refractivity (Wildman–Crippen MR) is 176 cm³/mol. The smallest absolute Gasteiger partial charge is 0.0462 e. The van der Waals surface area contributed by atoms with Gasteiger partial charge in [-0.3, -0.25) is 0 Å². The van der Waals surface area contributed by atoms with Crippen molar-refractivity contribution < 1.29 is 0 Å². The topological polar surface area (TPSA) is 6.48 Å². The molecule has 0 aliphatic carbocycles. The van der Waals surface area contributed by atoms with E-state index in [0.29, 0.717) is 0 Å². The Morgan fingerprint density at radius 1 is 0.366 bits per heavy atom.